The van der Waals surface area contributed by atoms with Gasteiger partial charge in [-0.3, -0.25) is 19.2 Å². The molecule has 0 saturated carbocycles. The number of hydrogen-bond acceptors (Lipinski definition) is 7. The fraction of sp³-hybridized carbons (Fsp3) is 0.826. The van der Waals surface area contributed by atoms with E-state index in [0.29, 0.717) is 19.6 Å². The minimum Gasteiger partial charge on any atom is -0.480 e. The van der Waals surface area contributed by atoms with E-state index in [2.05, 4.69) is 16.0 Å². The van der Waals surface area contributed by atoms with Gasteiger partial charge in [0, 0.05) is 18.7 Å². The highest BCUT2D eigenvalue weighted by atomic mass is 16.5. The van der Waals surface area contributed by atoms with Gasteiger partial charge in [0.1, 0.15) is 25.8 Å². The summed E-state index contributed by atoms with van der Waals surface area (Å²) in [5.41, 5.74) is 5.51. The summed E-state index contributed by atoms with van der Waals surface area (Å²) in [6, 6.07) is -0.912. The molecule has 2 unspecified atom stereocenters. The highest BCUT2D eigenvalue weighted by Gasteiger charge is 2.26. The van der Waals surface area contributed by atoms with Crippen LogP contribution in [-0.4, -0.2) is 78.9 Å². The molecule has 0 aromatic rings. The van der Waals surface area contributed by atoms with Gasteiger partial charge in [-0.25, -0.2) is 0 Å². The Morgan fingerprint density at radius 1 is 0.971 bits per heavy atom. The molecule has 0 aliphatic carbocycles. The van der Waals surface area contributed by atoms with E-state index < -0.39 is 37.0 Å². The summed E-state index contributed by atoms with van der Waals surface area (Å²) in [4.78, 5) is 46.7. The lowest BCUT2D eigenvalue weighted by Crippen LogP contribution is -2.51. The number of carbonyl (C=O) groups excluding carboxylic acids is 3. The molecule has 0 aromatic heterocycles. The van der Waals surface area contributed by atoms with Crippen LogP contribution in [-0.2, 0) is 28.7 Å². The molecule has 198 valence electrons. The third-order valence-electron chi connectivity index (χ3n) is 5.80. The van der Waals surface area contributed by atoms with Gasteiger partial charge in [-0.2, -0.15) is 0 Å². The monoisotopic (exact) mass is 488 g/mol. The SMILES string of the molecule is CCC(C)(N)CCOC(C)(CC)CCNC(=O)COCC(=O)N[C@H](C(=O)NCC(=O)O)C(C)C. The van der Waals surface area contributed by atoms with E-state index in [1.807, 2.05) is 27.7 Å². The molecule has 11 nitrogen and oxygen atoms in total. The van der Waals surface area contributed by atoms with Crippen LogP contribution in [0.25, 0.3) is 0 Å². The zero-order valence-corrected chi connectivity index (χ0v) is 21.5. The average Bonchev–Trinajstić information content (AvgIpc) is 2.75. The molecule has 0 bridgehead atoms. The topological polar surface area (TPSA) is 169 Å². The number of nitrogens with one attached hydrogen (secondary N) is 3. The number of nitrogens with two attached hydrogens (primary N) is 1. The second kappa shape index (κ2) is 15.6. The van der Waals surface area contributed by atoms with Crippen LogP contribution < -0.4 is 21.7 Å². The van der Waals surface area contributed by atoms with Crippen molar-refractivity contribution in [2.75, 3.05) is 32.9 Å². The van der Waals surface area contributed by atoms with Crippen molar-refractivity contribution in [2.45, 2.75) is 84.4 Å². The molecule has 0 aliphatic rings. The Balaban J connectivity index is 4.31. The van der Waals surface area contributed by atoms with E-state index in [9.17, 15) is 19.2 Å². The summed E-state index contributed by atoms with van der Waals surface area (Å²) in [5.74, 6) is -3.00. The van der Waals surface area contributed by atoms with Gasteiger partial charge in [-0.1, -0.05) is 27.7 Å². The number of hydrogen-bond donors (Lipinski definition) is 5. The van der Waals surface area contributed by atoms with E-state index in [1.165, 1.54) is 0 Å². The molecule has 3 amide bonds. The lowest BCUT2D eigenvalue weighted by atomic mass is 9.95. The van der Waals surface area contributed by atoms with Gasteiger partial charge in [0.05, 0.1) is 5.60 Å². The molecular weight excluding hydrogens is 444 g/mol. The van der Waals surface area contributed by atoms with E-state index in [4.69, 9.17) is 20.3 Å². The first-order valence-electron chi connectivity index (χ1n) is 11.8. The summed E-state index contributed by atoms with van der Waals surface area (Å²) < 4.78 is 11.2. The molecule has 0 fully saturated rings. The van der Waals surface area contributed by atoms with Crippen LogP contribution in [0, 0.1) is 5.92 Å². The summed E-state index contributed by atoms with van der Waals surface area (Å²) in [6.45, 7) is 11.2. The number of ether oxygens (including phenoxy) is 2. The first-order chi connectivity index (χ1) is 15.7. The molecule has 0 aromatic carbocycles. The molecule has 0 heterocycles. The van der Waals surface area contributed by atoms with Crippen molar-refractivity contribution in [1.29, 1.82) is 0 Å². The highest BCUT2D eigenvalue weighted by molar-refractivity contribution is 5.90. The lowest BCUT2D eigenvalue weighted by Gasteiger charge is -2.31. The maximum absolute atomic E-state index is 12.1. The minimum atomic E-state index is -1.18. The Morgan fingerprint density at radius 3 is 2.12 bits per heavy atom. The van der Waals surface area contributed by atoms with Crippen LogP contribution in [0.2, 0.25) is 0 Å². The van der Waals surface area contributed by atoms with Crippen molar-refractivity contribution >= 4 is 23.7 Å². The van der Waals surface area contributed by atoms with Crippen LogP contribution in [0.5, 0.6) is 0 Å². The number of carboxylic acid groups (broad SMARTS) is 1. The highest BCUT2D eigenvalue weighted by Crippen LogP contribution is 2.21. The summed E-state index contributed by atoms with van der Waals surface area (Å²) in [5, 5.41) is 16.1. The van der Waals surface area contributed by atoms with Crippen molar-refractivity contribution in [3.05, 3.63) is 0 Å². The molecule has 11 heteroatoms. The van der Waals surface area contributed by atoms with E-state index >= 15 is 0 Å². The molecule has 34 heavy (non-hydrogen) atoms. The largest absolute Gasteiger partial charge is 0.480 e. The third kappa shape index (κ3) is 14.1. The van der Waals surface area contributed by atoms with E-state index in [-0.39, 0.29) is 29.6 Å². The zero-order chi connectivity index (χ0) is 26.4. The van der Waals surface area contributed by atoms with Gasteiger partial charge < -0.3 is 36.3 Å². The first-order valence-corrected chi connectivity index (χ1v) is 11.8. The predicted molar refractivity (Wildman–Crippen MR) is 128 cm³/mol. The lowest BCUT2D eigenvalue weighted by molar-refractivity contribution is -0.138. The summed E-state index contributed by atoms with van der Waals surface area (Å²) in [7, 11) is 0. The number of rotatable bonds is 18. The van der Waals surface area contributed by atoms with Gasteiger partial charge in [-0.15, -0.1) is 0 Å². The van der Waals surface area contributed by atoms with Crippen LogP contribution in [0.15, 0.2) is 0 Å². The van der Waals surface area contributed by atoms with Crippen molar-refractivity contribution in [2.24, 2.45) is 11.7 Å². The van der Waals surface area contributed by atoms with E-state index in [1.54, 1.807) is 13.8 Å². The smallest absolute Gasteiger partial charge is 0.322 e. The minimum absolute atomic E-state index is 0.260. The quantitative estimate of drug-likeness (QED) is 0.186. The molecule has 0 spiro atoms. The van der Waals surface area contributed by atoms with Crippen molar-refractivity contribution in [1.82, 2.24) is 16.0 Å². The molecule has 0 aliphatic heterocycles. The Labute approximate surface area is 202 Å². The maximum atomic E-state index is 12.1. The molecule has 0 rings (SSSR count). The van der Waals surface area contributed by atoms with Gasteiger partial charge >= 0.3 is 5.97 Å². The summed E-state index contributed by atoms with van der Waals surface area (Å²) in [6.07, 6.45) is 3.01. The second-order valence-electron chi connectivity index (χ2n) is 9.40. The zero-order valence-electron chi connectivity index (χ0n) is 21.5. The van der Waals surface area contributed by atoms with Crippen molar-refractivity contribution in [3.8, 4) is 0 Å². The Hall–Kier alpha value is -2.24. The van der Waals surface area contributed by atoms with Gasteiger partial charge in [0.25, 0.3) is 0 Å². The molecule has 6 N–H and O–H groups in total. The Morgan fingerprint density at radius 2 is 1.59 bits per heavy atom. The van der Waals surface area contributed by atoms with Crippen LogP contribution >= 0.6 is 0 Å². The second-order valence-corrected chi connectivity index (χ2v) is 9.40. The first kappa shape index (κ1) is 31.8. The average molecular weight is 489 g/mol. The maximum Gasteiger partial charge on any atom is 0.322 e. The van der Waals surface area contributed by atoms with Gasteiger partial charge in [-0.05, 0) is 45.4 Å². The number of carbonyl (C=O) groups is 4. The van der Waals surface area contributed by atoms with E-state index in [0.717, 1.165) is 19.3 Å². The summed E-state index contributed by atoms with van der Waals surface area (Å²) >= 11 is 0. The van der Waals surface area contributed by atoms with Crippen molar-refractivity contribution < 1.29 is 33.8 Å². The standard InChI is InChI=1S/C23H44N4O7/c1-7-22(5,24)10-12-34-23(6,8-2)9-11-25-17(28)14-33-15-18(29)27-20(16(3)4)21(32)26-13-19(30)31/h16,20H,7-15,24H2,1-6H3,(H,25,28)(H,26,32)(H,27,29)(H,30,31)/t20-,22?,23?/m0/s1. The number of amides is 3. The molecule has 3 atom stereocenters. The van der Waals surface area contributed by atoms with Crippen molar-refractivity contribution in [3.63, 3.8) is 0 Å². The third-order valence-corrected chi connectivity index (χ3v) is 5.80. The predicted octanol–water partition coefficient (Wildman–Crippen LogP) is 0.554. The Kier molecular flexibility index (Phi) is 14.6. The normalized spacial score (nSPS) is 15.6. The fourth-order valence-electron chi connectivity index (χ4n) is 2.83. The van der Waals surface area contributed by atoms with Gasteiger partial charge in [0.15, 0.2) is 0 Å². The Bertz CT molecular complexity index is 670. The molecular formula is C23H44N4O7. The molecule has 0 saturated heterocycles. The number of aliphatic carboxylic acids is 1. The fourth-order valence-corrected chi connectivity index (χ4v) is 2.83. The molecule has 0 radical (unpaired) electrons. The van der Waals surface area contributed by atoms with Crippen LogP contribution in [0.3, 0.4) is 0 Å². The number of carboxylic acids is 1. The van der Waals surface area contributed by atoms with Gasteiger partial charge in [0.2, 0.25) is 17.7 Å². The van der Waals surface area contributed by atoms with Crippen LogP contribution in [0.1, 0.15) is 67.2 Å². The van der Waals surface area contributed by atoms with Crippen LogP contribution in [0.4, 0.5) is 0 Å².